The van der Waals surface area contributed by atoms with Crippen molar-refractivity contribution < 1.29 is 14.7 Å². The highest BCUT2D eigenvalue weighted by molar-refractivity contribution is 6.00. The molecule has 0 fully saturated rings. The van der Waals surface area contributed by atoms with Crippen molar-refractivity contribution in [1.82, 2.24) is 15.5 Å². The van der Waals surface area contributed by atoms with E-state index in [4.69, 9.17) is 0 Å². The SMILES string of the molecule is CCCN(CCC)C(=O)c1cc(C)cc(C(=O)N[C@@H](CC2(C)C=CC=CC2)[C@H](O)CNCc2ccccc2)c1. The predicted octanol–water partition coefficient (Wildman–Crippen LogP) is 5.42. The Morgan fingerprint density at radius 3 is 2.36 bits per heavy atom. The fourth-order valence-corrected chi connectivity index (χ4v) is 5.14. The predicted molar refractivity (Wildman–Crippen MR) is 159 cm³/mol. The van der Waals surface area contributed by atoms with Crippen LogP contribution >= 0.6 is 0 Å². The summed E-state index contributed by atoms with van der Waals surface area (Å²) in [6.07, 6.45) is 10.7. The number of nitrogens with zero attached hydrogens (tertiary/aromatic N) is 1. The molecule has 1 aliphatic carbocycles. The minimum Gasteiger partial charge on any atom is -0.390 e. The Morgan fingerprint density at radius 2 is 1.72 bits per heavy atom. The molecule has 3 rings (SSSR count). The van der Waals surface area contributed by atoms with Gasteiger partial charge in [0.2, 0.25) is 0 Å². The molecule has 3 N–H and O–H groups in total. The quantitative estimate of drug-likeness (QED) is 0.304. The molecule has 2 aromatic rings. The molecule has 2 aromatic carbocycles. The second-order valence-corrected chi connectivity index (χ2v) is 11.0. The summed E-state index contributed by atoms with van der Waals surface area (Å²) in [6, 6.07) is 14.9. The van der Waals surface area contributed by atoms with Crippen LogP contribution in [-0.2, 0) is 6.54 Å². The molecule has 0 aromatic heterocycles. The zero-order valence-electron chi connectivity index (χ0n) is 24.0. The van der Waals surface area contributed by atoms with Crippen molar-refractivity contribution in [2.75, 3.05) is 19.6 Å². The minimum absolute atomic E-state index is 0.0511. The van der Waals surface area contributed by atoms with Gasteiger partial charge >= 0.3 is 0 Å². The second-order valence-electron chi connectivity index (χ2n) is 11.0. The fourth-order valence-electron chi connectivity index (χ4n) is 5.14. The van der Waals surface area contributed by atoms with Crippen LogP contribution in [0.1, 0.15) is 78.3 Å². The Bertz CT molecular complexity index is 1140. The summed E-state index contributed by atoms with van der Waals surface area (Å²) in [4.78, 5) is 28.7. The number of aliphatic hydroxyl groups excluding tert-OH is 1. The number of benzene rings is 2. The van der Waals surface area contributed by atoms with Gasteiger partial charge in [0.05, 0.1) is 12.1 Å². The second kappa shape index (κ2) is 14.8. The zero-order valence-corrected chi connectivity index (χ0v) is 24.0. The first-order chi connectivity index (χ1) is 18.7. The largest absolute Gasteiger partial charge is 0.390 e. The first-order valence-corrected chi connectivity index (χ1v) is 14.2. The summed E-state index contributed by atoms with van der Waals surface area (Å²) in [5, 5.41) is 17.7. The van der Waals surface area contributed by atoms with Crippen LogP contribution in [0.3, 0.4) is 0 Å². The maximum Gasteiger partial charge on any atom is 0.253 e. The molecule has 39 heavy (non-hydrogen) atoms. The molecule has 0 aliphatic heterocycles. The third kappa shape index (κ3) is 9.19. The topological polar surface area (TPSA) is 81.7 Å². The van der Waals surface area contributed by atoms with E-state index in [9.17, 15) is 14.7 Å². The summed E-state index contributed by atoms with van der Waals surface area (Å²) in [6.45, 7) is 10.5. The lowest BCUT2D eigenvalue weighted by atomic mass is 9.77. The molecule has 0 radical (unpaired) electrons. The summed E-state index contributed by atoms with van der Waals surface area (Å²) in [7, 11) is 0. The summed E-state index contributed by atoms with van der Waals surface area (Å²) in [5.41, 5.74) is 2.77. The van der Waals surface area contributed by atoms with Crippen molar-refractivity contribution in [3.63, 3.8) is 0 Å². The van der Waals surface area contributed by atoms with Crippen molar-refractivity contribution in [3.05, 3.63) is 95.1 Å². The third-order valence-electron chi connectivity index (χ3n) is 7.18. The van der Waals surface area contributed by atoms with Crippen molar-refractivity contribution in [1.29, 1.82) is 0 Å². The van der Waals surface area contributed by atoms with Gasteiger partial charge in [-0.2, -0.15) is 0 Å². The summed E-state index contributed by atoms with van der Waals surface area (Å²) >= 11 is 0. The third-order valence-corrected chi connectivity index (χ3v) is 7.18. The van der Waals surface area contributed by atoms with Crippen LogP contribution in [0.5, 0.6) is 0 Å². The highest BCUT2D eigenvalue weighted by Crippen LogP contribution is 2.33. The van der Waals surface area contributed by atoms with Gasteiger partial charge in [0.1, 0.15) is 0 Å². The van der Waals surface area contributed by atoms with Crippen LogP contribution in [-0.4, -0.2) is 53.6 Å². The molecule has 6 heteroatoms. The van der Waals surface area contributed by atoms with Crippen molar-refractivity contribution >= 4 is 11.8 Å². The maximum absolute atomic E-state index is 13.5. The number of nitrogens with one attached hydrogen (secondary N) is 2. The Labute approximate surface area is 234 Å². The minimum atomic E-state index is -0.788. The van der Waals surface area contributed by atoms with Gasteiger partial charge in [0.25, 0.3) is 11.8 Å². The van der Waals surface area contributed by atoms with E-state index in [1.54, 1.807) is 12.1 Å². The lowest BCUT2D eigenvalue weighted by Gasteiger charge is -2.34. The Morgan fingerprint density at radius 1 is 1.03 bits per heavy atom. The molecular formula is C33H45N3O3. The van der Waals surface area contributed by atoms with E-state index in [0.717, 1.165) is 30.4 Å². The van der Waals surface area contributed by atoms with E-state index in [1.807, 2.05) is 60.4 Å². The van der Waals surface area contributed by atoms with Crippen LogP contribution in [0.25, 0.3) is 0 Å². The van der Waals surface area contributed by atoms with E-state index in [0.29, 0.717) is 43.7 Å². The monoisotopic (exact) mass is 531 g/mol. The van der Waals surface area contributed by atoms with E-state index in [-0.39, 0.29) is 17.2 Å². The zero-order chi connectivity index (χ0) is 28.3. The Balaban J connectivity index is 1.77. The lowest BCUT2D eigenvalue weighted by Crippen LogP contribution is -2.49. The van der Waals surface area contributed by atoms with Gasteiger partial charge in [-0.05, 0) is 67.3 Å². The van der Waals surface area contributed by atoms with Crippen molar-refractivity contribution in [2.24, 2.45) is 5.41 Å². The van der Waals surface area contributed by atoms with E-state index < -0.39 is 12.1 Å². The number of amides is 2. The average molecular weight is 532 g/mol. The van der Waals surface area contributed by atoms with Crippen molar-refractivity contribution in [2.45, 2.75) is 72.1 Å². The summed E-state index contributed by atoms with van der Waals surface area (Å²) < 4.78 is 0. The van der Waals surface area contributed by atoms with Gasteiger partial charge in [0.15, 0.2) is 0 Å². The molecule has 210 valence electrons. The first-order valence-electron chi connectivity index (χ1n) is 14.2. The lowest BCUT2D eigenvalue weighted by molar-refractivity contribution is 0.0755. The molecule has 6 nitrogen and oxygen atoms in total. The van der Waals surface area contributed by atoms with E-state index in [1.165, 1.54) is 0 Å². The number of hydrogen-bond donors (Lipinski definition) is 3. The highest BCUT2D eigenvalue weighted by Gasteiger charge is 2.31. The maximum atomic E-state index is 13.5. The number of aliphatic hydroxyl groups is 1. The number of carbonyl (C=O) groups is 2. The fraction of sp³-hybridized carbons (Fsp3) is 0.455. The van der Waals surface area contributed by atoms with Gasteiger partial charge in [-0.1, -0.05) is 75.4 Å². The van der Waals surface area contributed by atoms with E-state index in [2.05, 4.69) is 43.6 Å². The van der Waals surface area contributed by atoms with Gasteiger partial charge in [-0.3, -0.25) is 9.59 Å². The number of allylic oxidation sites excluding steroid dienone is 4. The highest BCUT2D eigenvalue weighted by atomic mass is 16.3. The molecule has 1 aliphatic rings. The van der Waals surface area contributed by atoms with Crippen LogP contribution in [0.15, 0.2) is 72.8 Å². The molecule has 2 amide bonds. The van der Waals surface area contributed by atoms with Gasteiger partial charge in [-0.15, -0.1) is 0 Å². The molecule has 1 unspecified atom stereocenters. The molecule has 0 bridgehead atoms. The van der Waals surface area contributed by atoms with E-state index >= 15 is 0 Å². The van der Waals surface area contributed by atoms with Crippen LogP contribution in [0.4, 0.5) is 0 Å². The molecule has 0 heterocycles. The standard InChI is InChI=1S/C33H45N3O3/c1-5-17-36(18-6-2)32(39)28-20-25(3)19-27(21-28)31(38)35-29(22-33(4)15-11-8-12-16-33)30(37)24-34-23-26-13-9-7-10-14-26/h7-15,19-21,29-30,34,37H,5-6,16-18,22-24H2,1-4H3,(H,35,38)/t29-,30+,33?/m0/s1. The average Bonchev–Trinajstić information content (AvgIpc) is 2.92. The Hall–Kier alpha value is -3.22. The van der Waals surface area contributed by atoms with Crippen molar-refractivity contribution in [3.8, 4) is 0 Å². The normalized spacial score (nSPS) is 18.0. The van der Waals surface area contributed by atoms with Crippen LogP contribution in [0.2, 0.25) is 0 Å². The molecule has 0 saturated carbocycles. The molecular weight excluding hydrogens is 486 g/mol. The summed E-state index contributed by atoms with van der Waals surface area (Å²) in [5.74, 6) is -0.332. The Kier molecular flexibility index (Phi) is 11.5. The molecule has 0 saturated heterocycles. The number of carbonyl (C=O) groups excluding carboxylic acids is 2. The number of aryl methyl sites for hydroxylation is 1. The van der Waals surface area contributed by atoms with Gasteiger partial charge < -0.3 is 20.6 Å². The van der Waals surface area contributed by atoms with Gasteiger partial charge in [0, 0.05) is 37.3 Å². The number of hydrogen-bond acceptors (Lipinski definition) is 4. The molecule has 3 atom stereocenters. The smallest absolute Gasteiger partial charge is 0.253 e. The van der Waals surface area contributed by atoms with Crippen LogP contribution < -0.4 is 10.6 Å². The molecule has 0 spiro atoms. The first kappa shape index (κ1) is 30.3. The van der Waals surface area contributed by atoms with Crippen LogP contribution in [0, 0.1) is 12.3 Å². The number of rotatable bonds is 14. The van der Waals surface area contributed by atoms with Gasteiger partial charge in [-0.25, -0.2) is 0 Å².